The Morgan fingerprint density at radius 2 is 2.00 bits per heavy atom. The van der Waals surface area contributed by atoms with Gasteiger partial charge >= 0.3 is 0 Å². The van der Waals surface area contributed by atoms with E-state index in [1.54, 1.807) is 0 Å². The highest BCUT2D eigenvalue weighted by molar-refractivity contribution is 7.99. The fraction of sp³-hybridized carbons (Fsp3) is 0.611. The number of carbonyl (C=O) groups is 1. The summed E-state index contributed by atoms with van der Waals surface area (Å²) < 4.78 is 0. The number of likely N-dealkylation sites (N-methyl/N-ethyl adjacent to an activating group) is 1. The fourth-order valence-electron chi connectivity index (χ4n) is 4.24. The minimum atomic E-state index is 0. The lowest BCUT2D eigenvalue weighted by Crippen LogP contribution is -2.50. The van der Waals surface area contributed by atoms with Gasteiger partial charge in [-0.05, 0) is 44.9 Å². The number of thioether (sulfide) groups is 1. The van der Waals surface area contributed by atoms with Gasteiger partial charge in [0.25, 0.3) is 0 Å². The zero-order chi connectivity index (χ0) is 15.8. The minimum absolute atomic E-state index is 0. The Morgan fingerprint density at radius 1 is 1.29 bits per heavy atom. The second kappa shape index (κ2) is 7.65. The van der Waals surface area contributed by atoms with Crippen LogP contribution in [0.4, 0.5) is 5.69 Å². The molecule has 0 aromatic heterocycles. The van der Waals surface area contributed by atoms with E-state index in [1.165, 1.54) is 30.6 Å². The fourth-order valence-corrected chi connectivity index (χ4v) is 5.24. The lowest BCUT2D eigenvalue weighted by Gasteiger charge is -2.37. The molecular weight excluding hydrogens is 342 g/mol. The molecule has 0 spiro atoms. The van der Waals surface area contributed by atoms with Crippen molar-refractivity contribution in [1.82, 2.24) is 10.2 Å². The second-order valence-electron chi connectivity index (χ2n) is 7.04. The van der Waals surface area contributed by atoms with Crippen molar-refractivity contribution in [2.24, 2.45) is 0 Å². The van der Waals surface area contributed by atoms with Crippen LogP contribution in [-0.2, 0) is 4.79 Å². The summed E-state index contributed by atoms with van der Waals surface area (Å²) in [5, 5.41) is 3.68. The summed E-state index contributed by atoms with van der Waals surface area (Å²) in [5.74, 6) is 1.23. The van der Waals surface area contributed by atoms with Gasteiger partial charge in [-0.25, -0.2) is 0 Å². The Labute approximate surface area is 154 Å². The molecular formula is C18H26ClN3OS. The number of halogens is 1. The maximum Gasteiger partial charge on any atom is 0.241 e. The highest BCUT2D eigenvalue weighted by Gasteiger charge is 2.36. The van der Waals surface area contributed by atoms with Gasteiger partial charge in [-0.2, -0.15) is 0 Å². The van der Waals surface area contributed by atoms with Crippen LogP contribution in [0.25, 0.3) is 0 Å². The zero-order valence-corrected chi connectivity index (χ0v) is 15.7. The average Bonchev–Trinajstić information content (AvgIpc) is 2.92. The van der Waals surface area contributed by atoms with Crippen LogP contribution in [0.1, 0.15) is 25.7 Å². The third-order valence-electron chi connectivity index (χ3n) is 5.49. The molecule has 3 aliphatic rings. The number of amides is 1. The van der Waals surface area contributed by atoms with Crippen molar-refractivity contribution in [3.63, 3.8) is 0 Å². The molecule has 1 aromatic carbocycles. The number of benzene rings is 1. The Balaban J connectivity index is 0.00000169. The predicted molar refractivity (Wildman–Crippen MR) is 102 cm³/mol. The number of nitrogens with zero attached hydrogens (tertiary/aromatic N) is 2. The number of para-hydroxylation sites is 1. The van der Waals surface area contributed by atoms with Crippen LogP contribution >= 0.6 is 24.2 Å². The van der Waals surface area contributed by atoms with Crippen LogP contribution in [0.5, 0.6) is 0 Å². The first-order chi connectivity index (χ1) is 11.2. The maximum absolute atomic E-state index is 12.9. The van der Waals surface area contributed by atoms with Crippen LogP contribution in [0, 0.1) is 0 Å². The van der Waals surface area contributed by atoms with Gasteiger partial charge < -0.3 is 10.2 Å². The van der Waals surface area contributed by atoms with Crippen LogP contribution in [0.3, 0.4) is 0 Å². The van der Waals surface area contributed by atoms with E-state index < -0.39 is 0 Å². The molecule has 0 radical (unpaired) electrons. The molecule has 3 aliphatic heterocycles. The normalized spacial score (nSPS) is 28.4. The highest BCUT2D eigenvalue weighted by Crippen LogP contribution is 2.34. The third kappa shape index (κ3) is 3.59. The summed E-state index contributed by atoms with van der Waals surface area (Å²) in [4.78, 5) is 18.4. The topological polar surface area (TPSA) is 35.6 Å². The summed E-state index contributed by atoms with van der Waals surface area (Å²) in [5.41, 5.74) is 1.09. The highest BCUT2D eigenvalue weighted by atomic mass is 35.5. The zero-order valence-electron chi connectivity index (χ0n) is 14.1. The molecule has 132 valence electrons. The van der Waals surface area contributed by atoms with Gasteiger partial charge in [0.2, 0.25) is 5.91 Å². The number of piperidine rings is 1. The van der Waals surface area contributed by atoms with Crippen molar-refractivity contribution in [3.8, 4) is 0 Å². The standard InChI is InChI=1S/C18H25N3OS.ClH/c1-20(15-10-13-6-7-14(11-15)19-13)12-18(22)21-8-9-23-17-5-3-2-4-16(17)21;/h2-5,13-15,19H,6-12H2,1H3;1H. The van der Waals surface area contributed by atoms with Crippen molar-refractivity contribution < 1.29 is 4.79 Å². The van der Waals surface area contributed by atoms with Gasteiger partial charge in [0.15, 0.2) is 0 Å². The Hall–Kier alpha value is -0.750. The molecule has 0 aliphatic carbocycles. The molecule has 4 rings (SSSR count). The SMILES string of the molecule is CN(CC(=O)N1CCSc2ccccc21)C1CC2CCC(C1)N2.Cl. The number of nitrogens with one attached hydrogen (secondary N) is 1. The van der Waals surface area contributed by atoms with Crippen LogP contribution in [0.2, 0.25) is 0 Å². The molecule has 3 heterocycles. The van der Waals surface area contributed by atoms with Gasteiger partial charge in [0.1, 0.15) is 0 Å². The lowest BCUT2D eigenvalue weighted by molar-refractivity contribution is -0.120. The van der Waals surface area contributed by atoms with Gasteiger partial charge in [0.05, 0.1) is 12.2 Å². The maximum atomic E-state index is 12.9. The quantitative estimate of drug-likeness (QED) is 0.891. The molecule has 2 atom stereocenters. The van der Waals surface area contributed by atoms with Crippen molar-refractivity contribution >= 4 is 35.8 Å². The molecule has 2 unspecified atom stereocenters. The summed E-state index contributed by atoms with van der Waals surface area (Å²) in [6.45, 7) is 1.36. The molecule has 0 saturated carbocycles. The molecule has 1 amide bonds. The van der Waals surface area contributed by atoms with E-state index in [-0.39, 0.29) is 18.3 Å². The van der Waals surface area contributed by atoms with Crippen LogP contribution < -0.4 is 10.2 Å². The van der Waals surface area contributed by atoms with E-state index in [2.05, 4.69) is 35.5 Å². The molecule has 1 N–H and O–H groups in total. The van der Waals surface area contributed by atoms with Crippen molar-refractivity contribution in [2.75, 3.05) is 30.8 Å². The van der Waals surface area contributed by atoms with E-state index >= 15 is 0 Å². The van der Waals surface area contributed by atoms with Crippen molar-refractivity contribution in [2.45, 2.75) is 48.7 Å². The van der Waals surface area contributed by atoms with Gasteiger partial charge in [-0.1, -0.05) is 12.1 Å². The average molecular weight is 368 g/mol. The minimum Gasteiger partial charge on any atom is -0.311 e. The molecule has 1 aromatic rings. The summed E-state index contributed by atoms with van der Waals surface area (Å²) >= 11 is 1.85. The Bertz CT molecular complexity index is 587. The van der Waals surface area contributed by atoms with Crippen LogP contribution in [0.15, 0.2) is 29.2 Å². The largest absolute Gasteiger partial charge is 0.311 e. The molecule has 2 fully saturated rings. The first kappa shape index (κ1) is 18.1. The van der Waals surface area contributed by atoms with E-state index in [0.29, 0.717) is 24.7 Å². The van der Waals surface area contributed by atoms with E-state index in [1.807, 2.05) is 22.7 Å². The summed E-state index contributed by atoms with van der Waals surface area (Å²) in [6.07, 6.45) is 4.98. The monoisotopic (exact) mass is 367 g/mol. The molecule has 24 heavy (non-hydrogen) atoms. The van der Waals surface area contributed by atoms with Crippen molar-refractivity contribution in [3.05, 3.63) is 24.3 Å². The van der Waals surface area contributed by atoms with Gasteiger partial charge in [0, 0.05) is 35.3 Å². The number of hydrogen-bond donors (Lipinski definition) is 1. The third-order valence-corrected chi connectivity index (χ3v) is 6.53. The first-order valence-electron chi connectivity index (χ1n) is 8.69. The second-order valence-corrected chi connectivity index (χ2v) is 8.18. The van der Waals surface area contributed by atoms with Crippen molar-refractivity contribution in [1.29, 1.82) is 0 Å². The van der Waals surface area contributed by atoms with Crippen LogP contribution in [-0.4, -0.2) is 54.8 Å². The van der Waals surface area contributed by atoms with E-state index in [0.717, 1.165) is 18.0 Å². The Morgan fingerprint density at radius 3 is 2.75 bits per heavy atom. The molecule has 2 saturated heterocycles. The van der Waals surface area contributed by atoms with Gasteiger partial charge in [-0.3, -0.25) is 9.69 Å². The smallest absolute Gasteiger partial charge is 0.241 e. The summed E-state index contributed by atoms with van der Waals surface area (Å²) in [7, 11) is 2.12. The van der Waals surface area contributed by atoms with E-state index in [4.69, 9.17) is 0 Å². The molecule has 4 nitrogen and oxygen atoms in total. The first-order valence-corrected chi connectivity index (χ1v) is 9.68. The number of rotatable bonds is 3. The summed E-state index contributed by atoms with van der Waals surface area (Å²) in [6, 6.07) is 10.2. The Kier molecular flexibility index (Phi) is 5.75. The number of fused-ring (bicyclic) bond motifs is 3. The number of anilines is 1. The predicted octanol–water partition coefficient (Wildman–Crippen LogP) is 2.76. The van der Waals surface area contributed by atoms with Gasteiger partial charge in [-0.15, -0.1) is 24.2 Å². The molecule has 2 bridgehead atoms. The molecule has 6 heteroatoms. The number of hydrogen-bond acceptors (Lipinski definition) is 4. The van der Waals surface area contributed by atoms with E-state index in [9.17, 15) is 4.79 Å². The lowest BCUT2D eigenvalue weighted by atomic mass is 9.98. The number of carbonyl (C=O) groups excluding carboxylic acids is 1.